The fraction of sp³-hybridized carbons (Fsp3) is 0.441. The van der Waals surface area contributed by atoms with Crippen LogP contribution in [-0.2, 0) is 32.7 Å². The number of amides is 2. The summed E-state index contributed by atoms with van der Waals surface area (Å²) in [7, 11) is 1.85. The lowest BCUT2D eigenvalue weighted by molar-refractivity contribution is -0.701. The van der Waals surface area contributed by atoms with E-state index in [1.807, 2.05) is 83.7 Å². The van der Waals surface area contributed by atoms with Crippen LogP contribution in [0.25, 0.3) is 0 Å². The molecule has 298 valence electrons. The van der Waals surface area contributed by atoms with Crippen molar-refractivity contribution in [1.29, 1.82) is 0 Å². The molecule has 14 nitrogen and oxygen atoms in total. The highest BCUT2D eigenvalue weighted by atomic mass is 32.2. The monoisotopic (exact) mass is 822 g/mol. The SMILES string of the molecule is CC[n+]1ccccc1CN(C(C)=O)C(=O)OCCOc1c(OC)cc([C@H]2CS[C@H](c3cc(OC)c(OC)c(OC)c3)S2)cc1OC.O=S(=O)([O-])C(F)(F)F. The second-order valence-electron chi connectivity index (χ2n) is 10.9. The Morgan fingerprint density at radius 3 is 1.91 bits per heavy atom. The van der Waals surface area contributed by atoms with E-state index in [2.05, 4.69) is 0 Å². The summed E-state index contributed by atoms with van der Waals surface area (Å²) in [5, 5.41) is 0.153. The second-order valence-corrected chi connectivity index (χ2v) is 15.1. The van der Waals surface area contributed by atoms with E-state index < -0.39 is 27.6 Å². The van der Waals surface area contributed by atoms with Crippen molar-refractivity contribution in [3.05, 3.63) is 65.5 Å². The van der Waals surface area contributed by atoms with E-state index in [4.69, 9.17) is 46.1 Å². The maximum atomic E-state index is 12.8. The first-order valence-electron chi connectivity index (χ1n) is 15.9. The Bertz CT molecular complexity index is 1810. The minimum Gasteiger partial charge on any atom is -0.741 e. The van der Waals surface area contributed by atoms with Crippen molar-refractivity contribution >= 4 is 45.6 Å². The molecule has 2 amide bonds. The van der Waals surface area contributed by atoms with E-state index in [1.54, 1.807) is 35.5 Å². The number of rotatable bonds is 14. The number of pyridine rings is 1. The van der Waals surface area contributed by atoms with Gasteiger partial charge in [0.2, 0.25) is 23.1 Å². The van der Waals surface area contributed by atoms with E-state index in [0.717, 1.165) is 27.5 Å². The van der Waals surface area contributed by atoms with Gasteiger partial charge in [-0.1, -0.05) is 6.07 Å². The molecule has 0 aliphatic carbocycles. The standard InChI is InChI=1S/C33H41N2O9S2.CHF3O3S/c1-8-34-12-10-9-11-24(34)19-35(21(2)36)33(37)44-14-13-43-31-27(40-5)15-22(16-28(31)41-6)29-20-45-32(46-29)23-17-25(38-3)30(42-7)26(18-23)39-4;2-1(3,4)8(5,6)7/h9-12,15-18,29,32H,8,13-14,19-20H2,1-7H3;(H,5,6,7)/q+1;/p-1/t29-,32+;/m1./s1. The summed E-state index contributed by atoms with van der Waals surface area (Å²) < 4.78 is 100. The van der Waals surface area contributed by atoms with Crippen molar-refractivity contribution in [2.75, 3.05) is 54.5 Å². The van der Waals surface area contributed by atoms with Crippen molar-refractivity contribution in [3.8, 4) is 34.5 Å². The zero-order chi connectivity index (χ0) is 40.2. The molecular formula is C34H41F3N2O12S3. The number of ether oxygens (including phenoxy) is 7. The zero-order valence-corrected chi connectivity index (χ0v) is 32.9. The minimum atomic E-state index is -6.09. The number of imide groups is 1. The van der Waals surface area contributed by atoms with Gasteiger partial charge in [-0.25, -0.2) is 22.7 Å². The second kappa shape index (κ2) is 19.9. The van der Waals surface area contributed by atoms with Crippen molar-refractivity contribution < 1.29 is 73.5 Å². The van der Waals surface area contributed by atoms with Crippen LogP contribution < -0.4 is 33.0 Å². The fourth-order valence-corrected chi connectivity index (χ4v) is 8.26. The molecule has 2 aromatic carbocycles. The fourth-order valence-electron chi connectivity index (χ4n) is 5.00. The molecule has 20 heteroatoms. The number of thioether (sulfide) groups is 2. The summed E-state index contributed by atoms with van der Waals surface area (Å²) in [5.41, 5.74) is -2.73. The third kappa shape index (κ3) is 11.4. The number of carbonyl (C=O) groups excluding carboxylic acids is 2. The van der Waals surface area contributed by atoms with Gasteiger partial charge >= 0.3 is 11.6 Å². The molecule has 1 aliphatic rings. The molecule has 0 spiro atoms. The smallest absolute Gasteiger partial charge is 0.485 e. The molecule has 0 radical (unpaired) electrons. The first-order chi connectivity index (χ1) is 25.5. The van der Waals surface area contributed by atoms with Crippen LogP contribution in [-0.4, -0.2) is 89.9 Å². The maximum absolute atomic E-state index is 12.8. The Kier molecular flexibility index (Phi) is 16.2. The van der Waals surface area contributed by atoms with E-state index in [0.29, 0.717) is 41.0 Å². The highest BCUT2D eigenvalue weighted by Gasteiger charge is 2.37. The van der Waals surface area contributed by atoms with Crippen molar-refractivity contribution in [2.45, 2.75) is 42.3 Å². The molecule has 0 N–H and O–H groups in total. The number of hydrogen-bond donors (Lipinski definition) is 0. The highest BCUT2D eigenvalue weighted by molar-refractivity contribution is 8.19. The van der Waals surface area contributed by atoms with Gasteiger partial charge in [-0.15, -0.1) is 23.5 Å². The molecule has 2 heterocycles. The van der Waals surface area contributed by atoms with Gasteiger partial charge in [-0.2, -0.15) is 13.2 Å². The predicted octanol–water partition coefficient (Wildman–Crippen LogP) is 5.87. The number of carbonyl (C=O) groups is 2. The van der Waals surface area contributed by atoms with Crippen LogP contribution >= 0.6 is 23.5 Å². The van der Waals surface area contributed by atoms with Crippen LogP contribution in [0.2, 0.25) is 0 Å². The Morgan fingerprint density at radius 1 is 0.889 bits per heavy atom. The van der Waals surface area contributed by atoms with Gasteiger partial charge in [0.15, 0.2) is 39.3 Å². The molecule has 1 fully saturated rings. The molecule has 1 saturated heterocycles. The lowest BCUT2D eigenvalue weighted by atomic mass is 10.1. The summed E-state index contributed by atoms with van der Waals surface area (Å²) in [4.78, 5) is 26.2. The summed E-state index contributed by atoms with van der Waals surface area (Å²) >= 11 is 3.64. The number of methoxy groups -OCH3 is 5. The van der Waals surface area contributed by atoms with Crippen molar-refractivity contribution in [3.63, 3.8) is 0 Å². The van der Waals surface area contributed by atoms with E-state index in [1.165, 1.54) is 6.92 Å². The third-order valence-corrected chi connectivity index (χ3v) is 11.5. The van der Waals surface area contributed by atoms with E-state index in [9.17, 15) is 22.8 Å². The van der Waals surface area contributed by atoms with Gasteiger partial charge in [-0.05, 0) is 42.3 Å². The molecule has 1 aromatic heterocycles. The molecule has 2 atom stereocenters. The summed E-state index contributed by atoms with van der Waals surface area (Å²) in [6, 6.07) is 13.5. The van der Waals surface area contributed by atoms with E-state index >= 15 is 0 Å². The van der Waals surface area contributed by atoms with Gasteiger partial charge in [0.1, 0.15) is 26.3 Å². The van der Waals surface area contributed by atoms with Gasteiger partial charge in [0.05, 0.1) is 40.1 Å². The average molecular weight is 823 g/mol. The summed E-state index contributed by atoms with van der Waals surface area (Å²) in [5.74, 6) is 3.65. The Labute approximate surface area is 319 Å². The van der Waals surface area contributed by atoms with Crippen LogP contribution in [0.5, 0.6) is 34.5 Å². The number of nitrogens with zero attached hydrogens (tertiary/aromatic N) is 2. The normalized spacial score (nSPS) is 15.3. The predicted molar refractivity (Wildman–Crippen MR) is 192 cm³/mol. The number of alkyl halides is 3. The van der Waals surface area contributed by atoms with Crippen molar-refractivity contribution in [2.24, 2.45) is 0 Å². The molecule has 4 rings (SSSR count). The first kappa shape index (κ1) is 44.1. The minimum absolute atomic E-state index is 0.0289. The van der Waals surface area contributed by atoms with Gasteiger partial charge in [-0.3, -0.25) is 4.79 Å². The van der Waals surface area contributed by atoms with Gasteiger partial charge in [0, 0.05) is 30.1 Å². The molecule has 0 bridgehead atoms. The Hall–Kier alpha value is -4.27. The third-order valence-electron chi connectivity index (χ3n) is 7.64. The van der Waals surface area contributed by atoms with Gasteiger partial charge < -0.3 is 37.7 Å². The zero-order valence-electron chi connectivity index (χ0n) is 30.5. The van der Waals surface area contributed by atoms with Crippen LogP contribution in [0.1, 0.15) is 40.5 Å². The quantitative estimate of drug-likeness (QED) is 0.0821. The van der Waals surface area contributed by atoms with Crippen molar-refractivity contribution in [1.82, 2.24) is 4.90 Å². The number of halogens is 3. The van der Waals surface area contributed by atoms with Crippen LogP contribution in [0.15, 0.2) is 48.7 Å². The average Bonchev–Trinajstić information content (AvgIpc) is 3.64. The lowest BCUT2D eigenvalue weighted by Gasteiger charge is -2.20. The summed E-state index contributed by atoms with van der Waals surface area (Å²) in [6.45, 7) is 4.09. The summed E-state index contributed by atoms with van der Waals surface area (Å²) in [6.07, 6.45) is 1.16. The number of benzene rings is 2. The molecule has 54 heavy (non-hydrogen) atoms. The number of hydrogen-bond acceptors (Lipinski definition) is 14. The maximum Gasteiger partial charge on any atom is 0.485 e. The first-order valence-corrected chi connectivity index (χ1v) is 19.3. The van der Waals surface area contributed by atoms with Crippen LogP contribution in [0.4, 0.5) is 18.0 Å². The molecule has 3 aromatic rings. The Morgan fingerprint density at radius 2 is 1.43 bits per heavy atom. The van der Waals surface area contributed by atoms with Crippen LogP contribution in [0, 0.1) is 0 Å². The topological polar surface area (TPSA) is 163 Å². The largest absolute Gasteiger partial charge is 0.741 e. The lowest BCUT2D eigenvalue weighted by Crippen LogP contribution is -2.43. The Balaban J connectivity index is 0.000000879. The van der Waals surface area contributed by atoms with Crippen LogP contribution in [0.3, 0.4) is 0 Å². The molecule has 0 unspecified atom stereocenters. The molecule has 1 aliphatic heterocycles. The van der Waals surface area contributed by atoms with E-state index in [-0.39, 0.29) is 29.6 Å². The molecular weight excluding hydrogens is 782 g/mol. The highest BCUT2D eigenvalue weighted by Crippen LogP contribution is 2.58. The molecule has 0 saturated carbocycles. The number of aromatic nitrogens is 1. The van der Waals surface area contributed by atoms with Gasteiger partial charge in [0.25, 0.3) is 0 Å². The number of aryl methyl sites for hydroxylation is 1.